The number of aromatic nitrogens is 3. The third-order valence-electron chi connectivity index (χ3n) is 3.67. The molecule has 0 aromatic carbocycles. The molecule has 0 radical (unpaired) electrons. The maximum Gasteiger partial charge on any atom is 0.250 e. The van der Waals surface area contributed by atoms with Gasteiger partial charge in [-0.2, -0.15) is 0 Å². The Kier molecular flexibility index (Phi) is 4.13. The number of pyridine rings is 1. The van der Waals surface area contributed by atoms with Crippen LogP contribution in [0.4, 0.5) is 5.95 Å². The third kappa shape index (κ3) is 3.13. The van der Waals surface area contributed by atoms with Crippen molar-refractivity contribution in [2.45, 2.75) is 6.54 Å². The average Bonchev–Trinajstić information content (AvgIpc) is 2.58. The number of piperazine rings is 1. The Hall–Kier alpha value is -2.70. The molecular formula is C15H17N5O2. The van der Waals surface area contributed by atoms with Gasteiger partial charge in [0, 0.05) is 50.8 Å². The van der Waals surface area contributed by atoms with Gasteiger partial charge in [-0.05, 0) is 12.1 Å². The number of hydrogen-bond acceptors (Lipinski definition) is 5. The van der Waals surface area contributed by atoms with Crippen LogP contribution in [0.1, 0.15) is 0 Å². The van der Waals surface area contributed by atoms with Crippen molar-refractivity contribution in [1.82, 2.24) is 19.4 Å². The lowest BCUT2D eigenvalue weighted by molar-refractivity contribution is -0.132. The summed E-state index contributed by atoms with van der Waals surface area (Å²) in [5.74, 6) is 0.649. The number of amides is 1. The standard InChI is InChI=1S/C15H17N5O2/c21-13-4-1-2-7-20(13)12-14(22)18-8-10-19(11-9-18)15-16-5-3-6-17-15/h1-7H,8-12H2. The molecule has 3 heterocycles. The molecule has 1 aliphatic heterocycles. The van der Waals surface area contributed by atoms with E-state index in [2.05, 4.69) is 14.9 Å². The minimum Gasteiger partial charge on any atom is -0.338 e. The average molecular weight is 299 g/mol. The van der Waals surface area contributed by atoms with E-state index in [0.717, 1.165) is 0 Å². The zero-order valence-electron chi connectivity index (χ0n) is 12.1. The normalized spacial score (nSPS) is 14.9. The molecule has 1 fully saturated rings. The SMILES string of the molecule is O=C(Cn1ccccc1=O)N1CCN(c2ncccn2)CC1. The molecular weight excluding hydrogens is 282 g/mol. The van der Waals surface area contributed by atoms with E-state index in [1.807, 2.05) is 0 Å². The fourth-order valence-electron chi connectivity index (χ4n) is 2.45. The number of carbonyl (C=O) groups is 1. The van der Waals surface area contributed by atoms with E-state index in [0.29, 0.717) is 32.1 Å². The number of carbonyl (C=O) groups excluding carboxylic acids is 1. The molecule has 3 rings (SSSR count). The first-order valence-electron chi connectivity index (χ1n) is 7.19. The van der Waals surface area contributed by atoms with Crippen molar-refractivity contribution in [2.24, 2.45) is 0 Å². The van der Waals surface area contributed by atoms with Gasteiger partial charge in [0.15, 0.2) is 0 Å². The Morgan fingerprint density at radius 3 is 2.45 bits per heavy atom. The van der Waals surface area contributed by atoms with E-state index in [-0.39, 0.29) is 18.0 Å². The quantitative estimate of drug-likeness (QED) is 0.797. The predicted octanol–water partition coefficient (Wildman–Crippen LogP) is -0.0129. The molecule has 1 aliphatic rings. The number of nitrogens with zero attached hydrogens (tertiary/aromatic N) is 5. The summed E-state index contributed by atoms with van der Waals surface area (Å²) in [4.78, 5) is 36.2. The molecule has 0 unspecified atom stereocenters. The summed E-state index contributed by atoms with van der Waals surface area (Å²) in [6.45, 7) is 2.69. The van der Waals surface area contributed by atoms with E-state index in [1.165, 1.54) is 10.6 Å². The Morgan fingerprint density at radius 2 is 1.77 bits per heavy atom. The van der Waals surface area contributed by atoms with E-state index < -0.39 is 0 Å². The molecule has 2 aromatic rings. The lowest BCUT2D eigenvalue weighted by Gasteiger charge is -2.34. The zero-order chi connectivity index (χ0) is 15.4. The van der Waals surface area contributed by atoms with E-state index >= 15 is 0 Å². The largest absolute Gasteiger partial charge is 0.338 e. The molecule has 1 amide bonds. The summed E-state index contributed by atoms with van der Waals surface area (Å²) in [6, 6.07) is 6.65. The molecule has 22 heavy (non-hydrogen) atoms. The fraction of sp³-hybridized carbons (Fsp3) is 0.333. The van der Waals surface area contributed by atoms with Gasteiger partial charge in [-0.15, -0.1) is 0 Å². The lowest BCUT2D eigenvalue weighted by atomic mass is 10.3. The molecule has 1 saturated heterocycles. The van der Waals surface area contributed by atoms with Crippen molar-refractivity contribution in [1.29, 1.82) is 0 Å². The van der Waals surface area contributed by atoms with Gasteiger partial charge in [-0.3, -0.25) is 9.59 Å². The summed E-state index contributed by atoms with van der Waals surface area (Å²) >= 11 is 0. The number of hydrogen-bond donors (Lipinski definition) is 0. The Morgan fingerprint density at radius 1 is 1.05 bits per heavy atom. The van der Waals surface area contributed by atoms with Gasteiger partial charge >= 0.3 is 0 Å². The Labute approximate surface area is 127 Å². The molecule has 7 heteroatoms. The van der Waals surface area contributed by atoms with Gasteiger partial charge in [0.05, 0.1) is 0 Å². The van der Waals surface area contributed by atoms with Crippen molar-refractivity contribution in [3.8, 4) is 0 Å². The first-order valence-corrected chi connectivity index (χ1v) is 7.19. The van der Waals surface area contributed by atoms with Gasteiger partial charge in [-0.25, -0.2) is 9.97 Å². The molecule has 0 bridgehead atoms. The van der Waals surface area contributed by atoms with Crippen LogP contribution in [0.3, 0.4) is 0 Å². The molecule has 0 atom stereocenters. The maximum atomic E-state index is 12.3. The van der Waals surface area contributed by atoms with Crippen molar-refractivity contribution < 1.29 is 4.79 Å². The summed E-state index contributed by atoms with van der Waals surface area (Å²) in [5, 5.41) is 0. The highest BCUT2D eigenvalue weighted by atomic mass is 16.2. The van der Waals surface area contributed by atoms with Crippen LogP contribution in [0.2, 0.25) is 0 Å². The van der Waals surface area contributed by atoms with Crippen LogP contribution in [-0.2, 0) is 11.3 Å². The van der Waals surface area contributed by atoms with Crippen molar-refractivity contribution in [2.75, 3.05) is 31.1 Å². The summed E-state index contributed by atoms with van der Waals surface area (Å²) in [5.41, 5.74) is -0.160. The first-order chi connectivity index (χ1) is 10.7. The van der Waals surface area contributed by atoms with Gasteiger partial charge in [0.25, 0.3) is 5.56 Å². The molecule has 0 saturated carbocycles. The minimum absolute atomic E-state index is 0.0399. The topological polar surface area (TPSA) is 71.3 Å². The summed E-state index contributed by atoms with van der Waals surface area (Å²) < 4.78 is 1.43. The lowest BCUT2D eigenvalue weighted by Crippen LogP contribution is -2.50. The van der Waals surface area contributed by atoms with Crippen LogP contribution in [-0.4, -0.2) is 51.5 Å². The van der Waals surface area contributed by atoms with Gasteiger partial charge in [0.1, 0.15) is 6.54 Å². The molecule has 0 aliphatic carbocycles. The van der Waals surface area contributed by atoms with Gasteiger partial charge in [-0.1, -0.05) is 6.07 Å². The highest BCUT2D eigenvalue weighted by molar-refractivity contribution is 5.76. The first kappa shape index (κ1) is 14.2. The molecule has 2 aromatic heterocycles. The highest BCUT2D eigenvalue weighted by Crippen LogP contribution is 2.09. The smallest absolute Gasteiger partial charge is 0.250 e. The highest BCUT2D eigenvalue weighted by Gasteiger charge is 2.22. The van der Waals surface area contributed by atoms with Crippen LogP contribution in [0.25, 0.3) is 0 Å². The van der Waals surface area contributed by atoms with Crippen LogP contribution in [0, 0.1) is 0 Å². The van der Waals surface area contributed by atoms with E-state index in [9.17, 15) is 9.59 Å². The summed E-state index contributed by atoms with van der Waals surface area (Å²) in [6.07, 6.45) is 5.05. The van der Waals surface area contributed by atoms with E-state index in [1.54, 1.807) is 41.7 Å². The van der Waals surface area contributed by atoms with Crippen LogP contribution in [0.15, 0.2) is 47.7 Å². The third-order valence-corrected chi connectivity index (χ3v) is 3.67. The molecule has 114 valence electrons. The maximum absolute atomic E-state index is 12.3. The van der Waals surface area contributed by atoms with Crippen molar-refractivity contribution in [3.63, 3.8) is 0 Å². The second-order valence-electron chi connectivity index (χ2n) is 5.08. The predicted molar refractivity (Wildman–Crippen MR) is 81.5 cm³/mol. The van der Waals surface area contributed by atoms with Crippen LogP contribution < -0.4 is 10.5 Å². The zero-order valence-corrected chi connectivity index (χ0v) is 12.1. The van der Waals surface area contributed by atoms with Gasteiger partial charge in [0.2, 0.25) is 11.9 Å². The molecule has 7 nitrogen and oxygen atoms in total. The summed E-state index contributed by atoms with van der Waals surface area (Å²) in [7, 11) is 0. The molecule has 0 N–H and O–H groups in total. The monoisotopic (exact) mass is 299 g/mol. The second kappa shape index (κ2) is 6.38. The molecule has 0 spiro atoms. The van der Waals surface area contributed by atoms with Crippen LogP contribution in [0.5, 0.6) is 0 Å². The van der Waals surface area contributed by atoms with Gasteiger partial charge < -0.3 is 14.4 Å². The van der Waals surface area contributed by atoms with Crippen molar-refractivity contribution >= 4 is 11.9 Å². The Bertz CT molecular complexity index is 692. The minimum atomic E-state index is -0.160. The number of anilines is 1. The Balaban J connectivity index is 1.58. The fourth-order valence-corrected chi connectivity index (χ4v) is 2.45. The van der Waals surface area contributed by atoms with Crippen molar-refractivity contribution in [3.05, 3.63) is 53.2 Å². The van der Waals surface area contributed by atoms with Crippen LogP contribution >= 0.6 is 0 Å². The second-order valence-corrected chi connectivity index (χ2v) is 5.08. The number of rotatable bonds is 3. The van der Waals surface area contributed by atoms with E-state index in [4.69, 9.17) is 0 Å².